The predicted octanol–water partition coefficient (Wildman–Crippen LogP) is 0.778. The van der Waals surface area contributed by atoms with Crippen LogP contribution < -0.4 is 5.32 Å². The number of amides is 1. The third-order valence-electron chi connectivity index (χ3n) is 2.47. The molecule has 0 aliphatic rings. The van der Waals surface area contributed by atoms with Crippen LogP contribution in [0.5, 0.6) is 0 Å². The summed E-state index contributed by atoms with van der Waals surface area (Å²) in [6.07, 6.45) is -0.153. The molecule has 19 heavy (non-hydrogen) atoms. The first-order valence-corrected chi connectivity index (χ1v) is 7.17. The predicted molar refractivity (Wildman–Crippen MR) is 71.9 cm³/mol. The fraction of sp³-hybridized carbons (Fsp3) is 0.333. The molecule has 0 spiro atoms. The van der Waals surface area contributed by atoms with Gasteiger partial charge in [-0.3, -0.25) is 4.79 Å². The molecule has 1 aromatic rings. The SMILES string of the molecule is CN(C)S(=O)(=O)CCC(=O)Nc1ccccc1C#N. The highest BCUT2D eigenvalue weighted by atomic mass is 32.2. The van der Waals surface area contributed by atoms with Gasteiger partial charge < -0.3 is 5.32 Å². The van der Waals surface area contributed by atoms with Crippen LogP contribution in [0.3, 0.4) is 0 Å². The van der Waals surface area contributed by atoms with Crippen molar-refractivity contribution in [1.29, 1.82) is 5.26 Å². The van der Waals surface area contributed by atoms with Gasteiger partial charge in [-0.15, -0.1) is 0 Å². The van der Waals surface area contributed by atoms with E-state index in [0.29, 0.717) is 11.3 Å². The van der Waals surface area contributed by atoms with Crippen molar-refractivity contribution in [3.05, 3.63) is 29.8 Å². The lowest BCUT2D eigenvalue weighted by Gasteiger charge is -2.11. The first-order chi connectivity index (χ1) is 8.86. The van der Waals surface area contributed by atoms with Crippen molar-refractivity contribution in [2.24, 2.45) is 0 Å². The van der Waals surface area contributed by atoms with Crippen LogP contribution in [-0.2, 0) is 14.8 Å². The van der Waals surface area contributed by atoms with Gasteiger partial charge in [0.1, 0.15) is 6.07 Å². The van der Waals surface area contributed by atoms with Crippen LogP contribution in [0.2, 0.25) is 0 Å². The van der Waals surface area contributed by atoms with Crippen molar-refractivity contribution in [3.8, 4) is 6.07 Å². The molecule has 0 radical (unpaired) electrons. The number of nitrogens with zero attached hydrogens (tertiary/aromatic N) is 2. The molecule has 0 heterocycles. The molecule has 0 saturated heterocycles. The number of carbonyl (C=O) groups is 1. The van der Waals surface area contributed by atoms with Crippen molar-refractivity contribution in [1.82, 2.24) is 4.31 Å². The third-order valence-corrected chi connectivity index (χ3v) is 4.30. The van der Waals surface area contributed by atoms with E-state index < -0.39 is 15.9 Å². The van der Waals surface area contributed by atoms with Crippen LogP contribution in [0, 0.1) is 11.3 Å². The van der Waals surface area contributed by atoms with Crippen molar-refractivity contribution < 1.29 is 13.2 Å². The Labute approximate surface area is 112 Å². The van der Waals surface area contributed by atoms with Crippen LogP contribution in [0.1, 0.15) is 12.0 Å². The molecule has 1 aromatic carbocycles. The fourth-order valence-corrected chi connectivity index (χ4v) is 2.12. The summed E-state index contributed by atoms with van der Waals surface area (Å²) in [5.74, 6) is -0.700. The van der Waals surface area contributed by atoms with Gasteiger partial charge in [0.25, 0.3) is 0 Å². The lowest BCUT2D eigenvalue weighted by Crippen LogP contribution is -2.27. The summed E-state index contributed by atoms with van der Waals surface area (Å²) in [6.45, 7) is 0. The number of hydrogen-bond acceptors (Lipinski definition) is 4. The quantitative estimate of drug-likeness (QED) is 0.863. The summed E-state index contributed by atoms with van der Waals surface area (Å²) in [7, 11) is -0.564. The Kier molecular flexibility index (Phi) is 5.03. The van der Waals surface area contributed by atoms with Crippen LogP contribution >= 0.6 is 0 Å². The lowest BCUT2D eigenvalue weighted by atomic mass is 10.2. The molecule has 0 fully saturated rings. The smallest absolute Gasteiger partial charge is 0.225 e. The molecule has 0 unspecified atom stereocenters. The highest BCUT2D eigenvalue weighted by molar-refractivity contribution is 7.89. The molecule has 0 saturated carbocycles. The van der Waals surface area contributed by atoms with Gasteiger partial charge in [0.2, 0.25) is 15.9 Å². The molecule has 0 aromatic heterocycles. The third kappa shape index (κ3) is 4.35. The van der Waals surface area contributed by atoms with Gasteiger partial charge in [0.05, 0.1) is 17.0 Å². The van der Waals surface area contributed by atoms with Crippen LogP contribution in [-0.4, -0.2) is 38.5 Å². The molecule has 0 bridgehead atoms. The monoisotopic (exact) mass is 281 g/mol. The van der Waals surface area contributed by atoms with Gasteiger partial charge >= 0.3 is 0 Å². The number of para-hydroxylation sites is 1. The minimum atomic E-state index is -3.39. The number of nitriles is 1. The Morgan fingerprint density at radius 2 is 2.00 bits per heavy atom. The molecule has 1 rings (SSSR count). The Hall–Kier alpha value is -1.91. The molecule has 0 aliphatic carbocycles. The first kappa shape index (κ1) is 15.1. The van der Waals surface area contributed by atoms with Crippen molar-refractivity contribution >= 4 is 21.6 Å². The maximum Gasteiger partial charge on any atom is 0.225 e. The van der Waals surface area contributed by atoms with E-state index in [1.165, 1.54) is 14.1 Å². The van der Waals surface area contributed by atoms with Crippen molar-refractivity contribution in [2.45, 2.75) is 6.42 Å². The van der Waals surface area contributed by atoms with E-state index in [1.54, 1.807) is 24.3 Å². The van der Waals surface area contributed by atoms with Gasteiger partial charge in [0.15, 0.2) is 0 Å². The minimum absolute atomic E-state index is 0.153. The first-order valence-electron chi connectivity index (χ1n) is 5.56. The number of rotatable bonds is 5. The second-order valence-electron chi connectivity index (χ2n) is 4.05. The van der Waals surface area contributed by atoms with Crippen LogP contribution in [0.25, 0.3) is 0 Å². The van der Waals surface area contributed by atoms with Gasteiger partial charge in [0, 0.05) is 20.5 Å². The van der Waals surface area contributed by atoms with E-state index in [4.69, 9.17) is 5.26 Å². The molecule has 6 nitrogen and oxygen atoms in total. The maximum atomic E-state index is 11.6. The highest BCUT2D eigenvalue weighted by Gasteiger charge is 2.16. The fourth-order valence-electron chi connectivity index (χ4n) is 1.31. The Balaban J connectivity index is 2.65. The summed E-state index contributed by atoms with van der Waals surface area (Å²) >= 11 is 0. The van der Waals surface area contributed by atoms with Crippen LogP contribution in [0.4, 0.5) is 5.69 Å². The van der Waals surface area contributed by atoms with Gasteiger partial charge in [-0.05, 0) is 12.1 Å². The Morgan fingerprint density at radius 3 is 2.58 bits per heavy atom. The van der Waals surface area contributed by atoms with Crippen molar-refractivity contribution in [3.63, 3.8) is 0 Å². The highest BCUT2D eigenvalue weighted by Crippen LogP contribution is 2.13. The molecular weight excluding hydrogens is 266 g/mol. The number of sulfonamides is 1. The van der Waals surface area contributed by atoms with Crippen LogP contribution in [0.15, 0.2) is 24.3 Å². The van der Waals surface area contributed by atoms with E-state index in [0.717, 1.165) is 4.31 Å². The summed E-state index contributed by atoms with van der Waals surface area (Å²) in [5, 5.41) is 11.4. The summed E-state index contributed by atoms with van der Waals surface area (Å²) in [5.41, 5.74) is 0.726. The molecule has 7 heteroatoms. The normalized spacial score (nSPS) is 11.1. The molecule has 0 atom stereocenters. The number of carbonyl (C=O) groups excluding carboxylic acids is 1. The van der Waals surface area contributed by atoms with E-state index in [1.807, 2.05) is 6.07 Å². The average molecular weight is 281 g/mol. The number of benzene rings is 1. The zero-order valence-corrected chi connectivity index (χ0v) is 11.6. The molecular formula is C12H15N3O3S. The van der Waals surface area contributed by atoms with E-state index in [9.17, 15) is 13.2 Å². The average Bonchev–Trinajstić information content (AvgIpc) is 2.37. The van der Waals surface area contributed by atoms with Gasteiger partial charge in [-0.25, -0.2) is 12.7 Å². The minimum Gasteiger partial charge on any atom is -0.325 e. The second kappa shape index (κ2) is 6.31. The van der Waals surface area contributed by atoms with Gasteiger partial charge in [-0.2, -0.15) is 5.26 Å². The second-order valence-corrected chi connectivity index (χ2v) is 6.36. The number of hydrogen-bond donors (Lipinski definition) is 1. The standard InChI is InChI=1S/C12H15N3O3S/c1-15(2)19(17,18)8-7-12(16)14-11-6-4-3-5-10(11)9-13/h3-6H,7-8H2,1-2H3,(H,14,16). The van der Waals surface area contributed by atoms with Crippen molar-refractivity contribution in [2.75, 3.05) is 25.2 Å². The van der Waals surface area contributed by atoms with E-state index in [-0.39, 0.29) is 12.2 Å². The van der Waals surface area contributed by atoms with E-state index >= 15 is 0 Å². The Morgan fingerprint density at radius 1 is 1.37 bits per heavy atom. The zero-order valence-electron chi connectivity index (χ0n) is 10.8. The topological polar surface area (TPSA) is 90.3 Å². The molecule has 1 amide bonds. The molecule has 102 valence electrons. The lowest BCUT2D eigenvalue weighted by molar-refractivity contribution is -0.115. The largest absolute Gasteiger partial charge is 0.325 e. The molecule has 1 N–H and O–H groups in total. The summed E-state index contributed by atoms with van der Waals surface area (Å²) in [6, 6.07) is 8.49. The number of nitrogens with one attached hydrogen (secondary N) is 1. The Bertz CT molecular complexity index is 603. The zero-order chi connectivity index (χ0) is 14.5. The van der Waals surface area contributed by atoms with Gasteiger partial charge in [-0.1, -0.05) is 12.1 Å². The maximum absolute atomic E-state index is 11.6. The molecule has 0 aliphatic heterocycles. The van der Waals surface area contributed by atoms with E-state index in [2.05, 4.69) is 5.32 Å². The number of anilines is 1. The summed E-state index contributed by atoms with van der Waals surface area (Å²) < 4.78 is 24.1. The summed E-state index contributed by atoms with van der Waals surface area (Å²) in [4.78, 5) is 11.6.